The Hall–Kier alpha value is -0.0800. The van der Waals surface area contributed by atoms with Crippen molar-refractivity contribution in [3.05, 3.63) is 0 Å². The highest BCUT2D eigenvalue weighted by atomic mass is 14.8. The van der Waals surface area contributed by atoms with E-state index in [0.29, 0.717) is 11.8 Å². The van der Waals surface area contributed by atoms with Crippen LogP contribution < -0.4 is 11.5 Å². The minimum Gasteiger partial charge on any atom is -0.326 e. The molecule has 4 N–H and O–H groups in total. The molecule has 0 amide bonds. The smallest absolute Gasteiger partial charge is 0.0194 e. The summed E-state index contributed by atoms with van der Waals surface area (Å²) in [4.78, 5) is 0. The molecule has 0 heterocycles. The van der Waals surface area contributed by atoms with Gasteiger partial charge in [0.25, 0.3) is 0 Å². The second kappa shape index (κ2) is 5.55. The first-order chi connectivity index (χ1) is 5.43. The predicted octanol–water partition coefficient (Wildman–Crippen LogP) is 1.73. The summed E-state index contributed by atoms with van der Waals surface area (Å²) in [5.41, 5.74) is 11.9. The van der Waals surface area contributed by atoms with E-state index in [4.69, 9.17) is 11.5 Å². The third kappa shape index (κ3) is 5.56. The minimum absolute atomic E-state index is 0.174. The summed E-state index contributed by atoms with van der Waals surface area (Å²) in [5.74, 6) is 1.30. The van der Waals surface area contributed by atoms with Gasteiger partial charge < -0.3 is 11.5 Å². The highest BCUT2D eigenvalue weighted by Gasteiger charge is 2.15. The molecule has 2 nitrogen and oxygen atoms in total. The molecular formula is C10H24N2. The fourth-order valence-corrected chi connectivity index (χ4v) is 1.44. The Kier molecular flexibility index (Phi) is 5.51. The number of hydrogen-bond acceptors (Lipinski definition) is 2. The van der Waals surface area contributed by atoms with Crippen molar-refractivity contribution in [3.63, 3.8) is 0 Å². The third-order valence-electron chi connectivity index (χ3n) is 2.04. The lowest BCUT2D eigenvalue weighted by atomic mass is 9.93. The maximum absolute atomic E-state index is 5.94. The van der Waals surface area contributed by atoms with Gasteiger partial charge in [-0.25, -0.2) is 0 Å². The molecule has 0 aromatic rings. The predicted molar refractivity (Wildman–Crippen MR) is 54.9 cm³/mol. The van der Waals surface area contributed by atoms with E-state index in [0.717, 1.165) is 12.8 Å². The van der Waals surface area contributed by atoms with Crippen LogP contribution in [0.5, 0.6) is 0 Å². The average molecular weight is 172 g/mol. The van der Waals surface area contributed by atoms with Gasteiger partial charge in [-0.1, -0.05) is 27.7 Å². The van der Waals surface area contributed by atoms with E-state index < -0.39 is 0 Å². The lowest BCUT2D eigenvalue weighted by Gasteiger charge is -2.22. The number of hydrogen-bond donors (Lipinski definition) is 2. The van der Waals surface area contributed by atoms with Crippen LogP contribution in [0.2, 0.25) is 0 Å². The van der Waals surface area contributed by atoms with Crippen molar-refractivity contribution in [3.8, 4) is 0 Å². The molecule has 0 aliphatic rings. The van der Waals surface area contributed by atoms with Crippen LogP contribution in [0.15, 0.2) is 0 Å². The van der Waals surface area contributed by atoms with Gasteiger partial charge in [-0.2, -0.15) is 0 Å². The first-order valence-corrected chi connectivity index (χ1v) is 4.94. The molecule has 0 fully saturated rings. The van der Waals surface area contributed by atoms with Gasteiger partial charge in [0, 0.05) is 12.1 Å². The van der Waals surface area contributed by atoms with Crippen LogP contribution in [-0.4, -0.2) is 12.1 Å². The Morgan fingerprint density at radius 2 is 1.00 bits per heavy atom. The van der Waals surface area contributed by atoms with Crippen molar-refractivity contribution in [1.82, 2.24) is 0 Å². The second-order valence-corrected chi connectivity index (χ2v) is 4.59. The van der Waals surface area contributed by atoms with Gasteiger partial charge in [-0.05, 0) is 24.7 Å². The highest BCUT2D eigenvalue weighted by molar-refractivity contribution is 4.77. The van der Waals surface area contributed by atoms with Gasteiger partial charge in [0.1, 0.15) is 0 Å². The molecule has 2 heteroatoms. The van der Waals surface area contributed by atoms with E-state index in [1.165, 1.54) is 0 Å². The maximum atomic E-state index is 5.94. The first kappa shape index (κ1) is 11.9. The molecule has 12 heavy (non-hydrogen) atoms. The molecule has 0 radical (unpaired) electrons. The summed E-state index contributed by atoms with van der Waals surface area (Å²) in [7, 11) is 0. The van der Waals surface area contributed by atoms with Crippen molar-refractivity contribution in [1.29, 1.82) is 0 Å². The Morgan fingerprint density at radius 3 is 1.17 bits per heavy atom. The van der Waals surface area contributed by atoms with E-state index in [9.17, 15) is 0 Å². The van der Waals surface area contributed by atoms with Gasteiger partial charge in [0.2, 0.25) is 0 Å². The van der Waals surface area contributed by atoms with Crippen LogP contribution in [0, 0.1) is 11.8 Å². The van der Waals surface area contributed by atoms with Crippen molar-refractivity contribution in [2.45, 2.75) is 52.6 Å². The van der Waals surface area contributed by atoms with Crippen LogP contribution in [0.25, 0.3) is 0 Å². The maximum Gasteiger partial charge on any atom is 0.0194 e. The quantitative estimate of drug-likeness (QED) is 0.663. The molecule has 0 aliphatic carbocycles. The van der Waals surface area contributed by atoms with Crippen molar-refractivity contribution >= 4 is 0 Å². The van der Waals surface area contributed by atoms with Gasteiger partial charge in [0.15, 0.2) is 0 Å². The lowest BCUT2D eigenvalue weighted by molar-refractivity contribution is 0.382. The van der Waals surface area contributed by atoms with Gasteiger partial charge >= 0.3 is 0 Å². The number of rotatable bonds is 5. The summed E-state index contributed by atoms with van der Waals surface area (Å²) in [6, 6.07) is 0.347. The fraction of sp³-hybridized carbons (Fsp3) is 1.00. The van der Waals surface area contributed by atoms with Gasteiger partial charge in [-0.3, -0.25) is 0 Å². The van der Waals surface area contributed by atoms with Crippen LogP contribution >= 0.6 is 0 Å². The molecule has 0 rings (SSSR count). The molecule has 0 aliphatic heterocycles. The lowest BCUT2D eigenvalue weighted by Crippen LogP contribution is -2.42. The normalized spacial score (nSPS) is 17.0. The Bertz CT molecular complexity index is 96.4. The number of nitrogens with two attached hydrogens (primary N) is 2. The van der Waals surface area contributed by atoms with Crippen LogP contribution in [0.1, 0.15) is 40.5 Å². The van der Waals surface area contributed by atoms with E-state index in [-0.39, 0.29) is 12.1 Å². The zero-order valence-electron chi connectivity index (χ0n) is 8.88. The monoisotopic (exact) mass is 172 g/mol. The van der Waals surface area contributed by atoms with E-state index >= 15 is 0 Å². The molecule has 0 unspecified atom stereocenters. The topological polar surface area (TPSA) is 52.0 Å². The standard InChI is InChI=1S/C10H24N2/c1-7(2)5-9(11)10(12)6-8(3)4/h7-10H,5-6,11-12H2,1-4H3/t9-,10-/m1/s1. The highest BCUT2D eigenvalue weighted by Crippen LogP contribution is 2.10. The summed E-state index contributed by atoms with van der Waals surface area (Å²) in [6.07, 6.45) is 2.07. The molecule has 0 spiro atoms. The summed E-state index contributed by atoms with van der Waals surface area (Å²) in [5, 5.41) is 0. The Morgan fingerprint density at radius 1 is 0.750 bits per heavy atom. The molecule has 0 aromatic heterocycles. The summed E-state index contributed by atoms with van der Waals surface area (Å²) < 4.78 is 0. The third-order valence-corrected chi connectivity index (χ3v) is 2.04. The van der Waals surface area contributed by atoms with Crippen molar-refractivity contribution < 1.29 is 0 Å². The first-order valence-electron chi connectivity index (χ1n) is 4.94. The molecule has 74 valence electrons. The van der Waals surface area contributed by atoms with Crippen LogP contribution in [0.4, 0.5) is 0 Å². The summed E-state index contributed by atoms with van der Waals surface area (Å²) >= 11 is 0. The minimum atomic E-state index is 0.174. The van der Waals surface area contributed by atoms with Crippen LogP contribution in [-0.2, 0) is 0 Å². The Labute approximate surface area is 76.7 Å². The van der Waals surface area contributed by atoms with Crippen molar-refractivity contribution in [2.24, 2.45) is 23.3 Å². The van der Waals surface area contributed by atoms with E-state index in [1.54, 1.807) is 0 Å². The molecule has 0 saturated carbocycles. The van der Waals surface area contributed by atoms with Gasteiger partial charge in [0.05, 0.1) is 0 Å². The largest absolute Gasteiger partial charge is 0.326 e. The van der Waals surface area contributed by atoms with E-state index in [2.05, 4.69) is 27.7 Å². The molecule has 2 atom stereocenters. The molecular weight excluding hydrogens is 148 g/mol. The Balaban J connectivity index is 3.68. The zero-order chi connectivity index (χ0) is 9.72. The SMILES string of the molecule is CC(C)C[C@@H](N)[C@H](N)CC(C)C. The second-order valence-electron chi connectivity index (χ2n) is 4.59. The van der Waals surface area contributed by atoms with Gasteiger partial charge in [-0.15, -0.1) is 0 Å². The fourth-order valence-electron chi connectivity index (χ4n) is 1.44. The molecule has 0 bridgehead atoms. The summed E-state index contributed by atoms with van der Waals surface area (Å²) in [6.45, 7) is 8.73. The van der Waals surface area contributed by atoms with E-state index in [1.807, 2.05) is 0 Å². The average Bonchev–Trinajstić information content (AvgIpc) is 1.84. The zero-order valence-corrected chi connectivity index (χ0v) is 8.88. The molecule has 0 aromatic carbocycles. The molecule has 0 saturated heterocycles. The van der Waals surface area contributed by atoms with Crippen LogP contribution in [0.3, 0.4) is 0 Å². The van der Waals surface area contributed by atoms with Crippen molar-refractivity contribution in [2.75, 3.05) is 0 Å².